The van der Waals surface area contributed by atoms with E-state index in [9.17, 15) is 4.53 Å². The van der Waals surface area contributed by atoms with E-state index in [0.717, 1.165) is 13.5 Å². The first-order valence-corrected chi connectivity index (χ1v) is 4.21. The molecule has 1 heterocycles. The van der Waals surface area contributed by atoms with E-state index in [1.54, 1.807) is 0 Å². The quantitative estimate of drug-likeness (QED) is 0.666. The van der Waals surface area contributed by atoms with Crippen molar-refractivity contribution in [3.63, 3.8) is 0 Å². The fourth-order valence-electron chi connectivity index (χ4n) is 1.21. The van der Waals surface area contributed by atoms with E-state index in [1.807, 2.05) is 0 Å². The number of ether oxygens (including phenoxy) is 1. The van der Waals surface area contributed by atoms with Crippen LogP contribution in [-0.4, -0.2) is 42.7 Å². The minimum Gasteiger partial charge on any atom is -0.394 e. The second-order valence-electron chi connectivity index (χ2n) is 3.12. The van der Waals surface area contributed by atoms with Gasteiger partial charge in [-0.1, -0.05) is 6.92 Å². The number of aliphatic hydroxyl groups is 2. The van der Waals surface area contributed by atoms with Gasteiger partial charge in [0.2, 0.25) is 0 Å². The van der Waals surface area contributed by atoms with Crippen molar-refractivity contribution >= 4 is 0 Å². The summed E-state index contributed by atoms with van der Waals surface area (Å²) >= 11 is 0. The third-order valence-electron chi connectivity index (χ3n) is 1.85. The summed E-state index contributed by atoms with van der Waals surface area (Å²) in [4.78, 5) is 2.75. The van der Waals surface area contributed by atoms with Gasteiger partial charge in [0.15, 0.2) is 0 Å². The highest BCUT2D eigenvalue weighted by Gasteiger charge is 2.27. The summed E-state index contributed by atoms with van der Waals surface area (Å²) in [7, 11) is 0.958. The Balaban J connectivity index is 0.000000424. The zero-order chi connectivity index (χ0) is 10.3. The van der Waals surface area contributed by atoms with E-state index in [2.05, 4.69) is 11.9 Å². The van der Waals surface area contributed by atoms with Gasteiger partial charge in [-0.3, -0.25) is 0 Å². The molecule has 3 unspecified atom stereocenters. The molecule has 0 saturated carbocycles. The van der Waals surface area contributed by atoms with Crippen LogP contribution in [0.5, 0.6) is 0 Å². The molecule has 80 valence electrons. The molecule has 0 aromatic rings. The average molecular weight is 196 g/mol. The van der Waals surface area contributed by atoms with Crippen molar-refractivity contribution in [1.82, 2.24) is 0 Å². The Morgan fingerprint density at radius 2 is 2.23 bits per heavy atom. The lowest BCUT2D eigenvalue weighted by Crippen LogP contribution is -2.28. The van der Waals surface area contributed by atoms with Crippen LogP contribution in [0.4, 0.5) is 4.53 Å². The van der Waals surface area contributed by atoms with Crippen molar-refractivity contribution in [2.45, 2.75) is 25.6 Å². The maximum absolute atomic E-state index is 9.79. The molecule has 0 spiro atoms. The lowest BCUT2D eigenvalue weighted by Gasteiger charge is -2.13. The van der Waals surface area contributed by atoms with Crippen molar-refractivity contribution in [2.75, 3.05) is 20.3 Å². The molecule has 5 heteroatoms. The standard InChI is InChI=1S/C7H14O3.CH3FO/c1-5-2-7(10-4-5)6(9)3-8;1-3-2/h5-9H,2-4H2,1H3;1H3. The van der Waals surface area contributed by atoms with Crippen LogP contribution < -0.4 is 0 Å². The summed E-state index contributed by atoms with van der Waals surface area (Å²) in [5.74, 6) is 0.520. The normalized spacial score (nSPS) is 29.3. The number of halogens is 1. The third-order valence-corrected chi connectivity index (χ3v) is 1.85. The maximum atomic E-state index is 9.79. The lowest BCUT2D eigenvalue weighted by molar-refractivity contribution is -0.0960. The smallest absolute Gasteiger partial charge is 0.103 e. The van der Waals surface area contributed by atoms with Gasteiger partial charge in [-0.25, -0.2) is 0 Å². The van der Waals surface area contributed by atoms with Crippen molar-refractivity contribution in [2.24, 2.45) is 5.92 Å². The molecule has 1 aliphatic rings. The third kappa shape index (κ3) is 5.15. The molecule has 0 bridgehead atoms. The molecule has 2 N–H and O–H groups in total. The van der Waals surface area contributed by atoms with Crippen LogP contribution in [0, 0.1) is 5.92 Å². The molecule has 3 atom stereocenters. The Labute approximate surface area is 77.2 Å². The summed E-state index contributed by atoms with van der Waals surface area (Å²) in [6.45, 7) is 2.59. The Bertz CT molecular complexity index is 123. The topological polar surface area (TPSA) is 58.9 Å². The zero-order valence-electron chi connectivity index (χ0n) is 7.94. The van der Waals surface area contributed by atoms with Crippen LogP contribution >= 0.6 is 0 Å². The molecule has 0 aliphatic carbocycles. The minimum atomic E-state index is -0.690. The van der Waals surface area contributed by atoms with Gasteiger partial charge >= 0.3 is 0 Å². The SMILES string of the molecule is CC1COC(C(O)CO)C1.COF. The fraction of sp³-hybridized carbons (Fsp3) is 1.00. The number of hydrogen-bond acceptors (Lipinski definition) is 4. The van der Waals surface area contributed by atoms with Gasteiger partial charge in [-0.15, -0.1) is 0 Å². The van der Waals surface area contributed by atoms with Crippen LogP contribution in [0.2, 0.25) is 0 Å². The monoisotopic (exact) mass is 196 g/mol. The first-order valence-electron chi connectivity index (χ1n) is 4.21. The van der Waals surface area contributed by atoms with Gasteiger partial charge in [-0.05, 0) is 16.9 Å². The molecule has 1 fully saturated rings. The second kappa shape index (κ2) is 7.20. The molecule has 1 rings (SSSR count). The largest absolute Gasteiger partial charge is 0.394 e. The summed E-state index contributed by atoms with van der Waals surface area (Å²) in [5, 5.41) is 17.7. The highest BCUT2D eigenvalue weighted by atomic mass is 19.3. The Morgan fingerprint density at radius 3 is 2.54 bits per heavy atom. The molecule has 0 aromatic heterocycles. The Kier molecular flexibility index (Phi) is 7.07. The van der Waals surface area contributed by atoms with Gasteiger partial charge in [-0.2, -0.15) is 4.94 Å². The predicted octanol–water partition coefficient (Wildman–Crippen LogP) is 0.282. The van der Waals surface area contributed by atoms with Crippen LogP contribution in [-0.2, 0) is 9.68 Å². The van der Waals surface area contributed by atoms with Gasteiger partial charge in [0.05, 0.1) is 19.8 Å². The number of hydrogen-bond donors (Lipinski definition) is 2. The van der Waals surface area contributed by atoms with Crippen molar-refractivity contribution in [3.8, 4) is 0 Å². The Morgan fingerprint density at radius 1 is 1.69 bits per heavy atom. The van der Waals surface area contributed by atoms with Crippen molar-refractivity contribution in [3.05, 3.63) is 0 Å². The zero-order valence-corrected chi connectivity index (χ0v) is 7.94. The Hall–Kier alpha value is -0.230. The van der Waals surface area contributed by atoms with E-state index in [1.165, 1.54) is 0 Å². The van der Waals surface area contributed by atoms with Gasteiger partial charge in [0, 0.05) is 6.61 Å². The van der Waals surface area contributed by atoms with Gasteiger partial charge in [0.1, 0.15) is 6.10 Å². The average Bonchev–Trinajstić information content (AvgIpc) is 2.52. The van der Waals surface area contributed by atoms with E-state index < -0.39 is 6.10 Å². The first kappa shape index (κ1) is 12.8. The summed E-state index contributed by atoms with van der Waals surface area (Å²) in [6.07, 6.45) is 0.0341. The fourth-order valence-corrected chi connectivity index (χ4v) is 1.21. The van der Waals surface area contributed by atoms with Gasteiger partial charge in [0.25, 0.3) is 0 Å². The number of aliphatic hydroxyl groups excluding tert-OH is 2. The number of rotatable bonds is 2. The molecular formula is C8H17FO4. The van der Waals surface area contributed by atoms with Crippen LogP contribution in [0.25, 0.3) is 0 Å². The molecule has 13 heavy (non-hydrogen) atoms. The summed E-state index contributed by atoms with van der Waals surface area (Å²) in [6, 6.07) is 0. The van der Waals surface area contributed by atoms with Gasteiger partial charge < -0.3 is 14.9 Å². The molecule has 0 aromatic carbocycles. The van der Waals surface area contributed by atoms with Crippen LogP contribution in [0.3, 0.4) is 0 Å². The van der Waals surface area contributed by atoms with E-state index in [0.29, 0.717) is 12.5 Å². The molecule has 1 aliphatic heterocycles. The van der Waals surface area contributed by atoms with E-state index in [-0.39, 0.29) is 12.7 Å². The molecule has 0 amide bonds. The minimum absolute atomic E-state index is 0.139. The lowest BCUT2D eigenvalue weighted by atomic mass is 10.1. The molecule has 1 saturated heterocycles. The summed E-state index contributed by atoms with van der Waals surface area (Å²) < 4.78 is 15.0. The predicted molar refractivity (Wildman–Crippen MR) is 44.7 cm³/mol. The maximum Gasteiger partial charge on any atom is 0.103 e. The summed E-state index contributed by atoms with van der Waals surface area (Å²) in [5.41, 5.74) is 0. The first-order chi connectivity index (χ1) is 6.15. The molecule has 4 nitrogen and oxygen atoms in total. The molecule has 0 radical (unpaired) electrons. The van der Waals surface area contributed by atoms with Crippen LogP contribution in [0.15, 0.2) is 0 Å². The van der Waals surface area contributed by atoms with Crippen LogP contribution in [0.1, 0.15) is 13.3 Å². The highest BCUT2D eigenvalue weighted by Crippen LogP contribution is 2.20. The van der Waals surface area contributed by atoms with E-state index in [4.69, 9.17) is 14.9 Å². The highest BCUT2D eigenvalue weighted by molar-refractivity contribution is 4.76. The molecular weight excluding hydrogens is 179 g/mol. The van der Waals surface area contributed by atoms with Crippen molar-refractivity contribution < 1.29 is 24.4 Å². The van der Waals surface area contributed by atoms with Crippen molar-refractivity contribution in [1.29, 1.82) is 0 Å². The second-order valence-corrected chi connectivity index (χ2v) is 3.12. The van der Waals surface area contributed by atoms with E-state index >= 15 is 0 Å².